The third-order valence-corrected chi connectivity index (χ3v) is 5.84. The van der Waals surface area contributed by atoms with Crippen molar-refractivity contribution in [2.24, 2.45) is 5.92 Å². The third-order valence-electron chi connectivity index (χ3n) is 5.84. The van der Waals surface area contributed by atoms with E-state index in [1.807, 2.05) is 24.3 Å². The Labute approximate surface area is 159 Å². The van der Waals surface area contributed by atoms with Crippen LogP contribution in [0.2, 0.25) is 0 Å². The minimum Gasteiger partial charge on any atom is -0.448 e. The van der Waals surface area contributed by atoms with E-state index in [4.69, 9.17) is 4.74 Å². The third kappa shape index (κ3) is 3.45. The molecule has 5 heteroatoms. The lowest BCUT2D eigenvalue weighted by atomic mass is 9.98. The molecule has 1 amide bonds. The highest BCUT2D eigenvalue weighted by molar-refractivity contribution is 5.79. The first kappa shape index (κ1) is 18.0. The average Bonchev–Trinajstić information content (AvgIpc) is 2.89. The highest BCUT2D eigenvalue weighted by atomic mass is 16.6. The topological polar surface area (TPSA) is 70.0 Å². The van der Waals surface area contributed by atoms with Gasteiger partial charge in [-0.15, -0.1) is 0 Å². The molecule has 1 saturated heterocycles. The first-order valence-electron chi connectivity index (χ1n) is 9.58. The number of rotatable bonds is 3. The van der Waals surface area contributed by atoms with Crippen molar-refractivity contribution in [3.63, 3.8) is 0 Å². The Kier molecular flexibility index (Phi) is 5.14. The van der Waals surface area contributed by atoms with Gasteiger partial charge in [-0.1, -0.05) is 48.5 Å². The molecule has 2 aromatic carbocycles. The number of carbonyl (C=O) groups is 1. The van der Waals surface area contributed by atoms with Crippen LogP contribution in [0.5, 0.6) is 0 Å². The van der Waals surface area contributed by atoms with Crippen molar-refractivity contribution < 1.29 is 19.7 Å². The van der Waals surface area contributed by atoms with E-state index >= 15 is 0 Å². The molecule has 0 saturated carbocycles. The van der Waals surface area contributed by atoms with E-state index in [9.17, 15) is 15.0 Å². The van der Waals surface area contributed by atoms with Gasteiger partial charge < -0.3 is 19.8 Å². The molecule has 2 aromatic rings. The molecular weight excluding hydrogens is 342 g/mol. The minimum atomic E-state index is -0.568. The van der Waals surface area contributed by atoms with Crippen molar-refractivity contribution in [1.82, 2.24) is 4.90 Å². The fraction of sp³-hybridized carbons (Fsp3) is 0.409. The second-order valence-corrected chi connectivity index (χ2v) is 7.38. The van der Waals surface area contributed by atoms with Crippen LogP contribution in [0.3, 0.4) is 0 Å². The number of hydrogen-bond acceptors (Lipinski definition) is 4. The van der Waals surface area contributed by atoms with Crippen LogP contribution >= 0.6 is 0 Å². The summed E-state index contributed by atoms with van der Waals surface area (Å²) < 4.78 is 5.68. The van der Waals surface area contributed by atoms with Gasteiger partial charge in [-0.3, -0.25) is 0 Å². The molecule has 1 aliphatic carbocycles. The van der Waals surface area contributed by atoms with Crippen molar-refractivity contribution in [3.05, 3.63) is 59.7 Å². The van der Waals surface area contributed by atoms with Crippen LogP contribution < -0.4 is 0 Å². The van der Waals surface area contributed by atoms with Crippen LogP contribution in [0.4, 0.5) is 4.79 Å². The molecule has 2 atom stereocenters. The number of carbonyl (C=O) groups excluding carboxylic acids is 1. The average molecular weight is 367 g/mol. The van der Waals surface area contributed by atoms with Crippen molar-refractivity contribution in [2.75, 3.05) is 26.3 Å². The Hall–Kier alpha value is -2.37. The molecule has 2 unspecified atom stereocenters. The summed E-state index contributed by atoms with van der Waals surface area (Å²) in [6.07, 6.45) is 0.140. The lowest BCUT2D eigenvalue weighted by Gasteiger charge is -2.22. The van der Waals surface area contributed by atoms with Crippen LogP contribution in [0.1, 0.15) is 29.9 Å². The molecule has 0 aromatic heterocycles. The first-order valence-corrected chi connectivity index (χ1v) is 9.58. The van der Waals surface area contributed by atoms with E-state index in [-0.39, 0.29) is 24.5 Å². The summed E-state index contributed by atoms with van der Waals surface area (Å²) in [5.41, 5.74) is 4.80. The maximum Gasteiger partial charge on any atom is 0.409 e. The first-order chi connectivity index (χ1) is 13.2. The molecule has 5 nitrogen and oxygen atoms in total. The zero-order valence-electron chi connectivity index (χ0n) is 15.3. The van der Waals surface area contributed by atoms with Gasteiger partial charge in [0.2, 0.25) is 0 Å². The molecule has 4 rings (SSSR count). The lowest BCUT2D eigenvalue weighted by Crippen LogP contribution is -2.33. The minimum absolute atomic E-state index is 0.0455. The van der Waals surface area contributed by atoms with E-state index in [0.717, 1.165) is 0 Å². The summed E-state index contributed by atoms with van der Waals surface area (Å²) in [7, 11) is 0. The summed E-state index contributed by atoms with van der Waals surface area (Å²) in [5.74, 6) is -0.125. The largest absolute Gasteiger partial charge is 0.448 e. The number of amides is 1. The van der Waals surface area contributed by atoms with Crippen LogP contribution in [-0.2, 0) is 4.74 Å². The molecule has 0 radical (unpaired) electrons. The van der Waals surface area contributed by atoms with Gasteiger partial charge in [0, 0.05) is 31.5 Å². The summed E-state index contributed by atoms with van der Waals surface area (Å²) >= 11 is 0. The highest BCUT2D eigenvalue weighted by Gasteiger charge is 2.31. The maximum atomic E-state index is 12.6. The number of hydrogen-bond donors (Lipinski definition) is 2. The SMILES string of the molecule is O=C(OCC1c2ccccc2-c2ccccc21)N1CCC(O)C(CO)CC1. The molecule has 2 N–H and O–H groups in total. The predicted octanol–water partition coefficient (Wildman–Crippen LogP) is 3.00. The summed E-state index contributed by atoms with van der Waals surface area (Å²) in [6, 6.07) is 16.5. The van der Waals surface area contributed by atoms with Gasteiger partial charge in [0.15, 0.2) is 0 Å². The Morgan fingerprint density at radius 3 is 2.22 bits per heavy atom. The molecule has 0 spiro atoms. The van der Waals surface area contributed by atoms with Crippen molar-refractivity contribution in [3.8, 4) is 11.1 Å². The molecule has 1 aliphatic heterocycles. The van der Waals surface area contributed by atoms with Gasteiger partial charge in [-0.05, 0) is 35.1 Å². The van der Waals surface area contributed by atoms with Gasteiger partial charge >= 0.3 is 6.09 Å². The van der Waals surface area contributed by atoms with Crippen LogP contribution in [0, 0.1) is 5.92 Å². The van der Waals surface area contributed by atoms with Crippen molar-refractivity contribution in [1.29, 1.82) is 0 Å². The number of aliphatic hydroxyl groups is 2. The van der Waals surface area contributed by atoms with E-state index in [2.05, 4.69) is 24.3 Å². The number of ether oxygens (including phenoxy) is 1. The number of likely N-dealkylation sites (tertiary alicyclic amines) is 1. The van der Waals surface area contributed by atoms with Crippen molar-refractivity contribution in [2.45, 2.75) is 24.9 Å². The number of aliphatic hydroxyl groups excluding tert-OH is 2. The van der Waals surface area contributed by atoms with Crippen LogP contribution in [0.15, 0.2) is 48.5 Å². The Morgan fingerprint density at radius 1 is 1.00 bits per heavy atom. The standard InChI is InChI=1S/C22H25NO4/c24-13-15-9-11-23(12-10-21(15)25)22(26)27-14-20-18-7-3-1-5-16(18)17-6-2-4-8-19(17)20/h1-8,15,20-21,24-25H,9-14H2. The second kappa shape index (κ2) is 7.71. The van der Waals surface area contributed by atoms with Gasteiger partial charge in [-0.25, -0.2) is 4.79 Å². The number of nitrogens with zero attached hydrogens (tertiary/aromatic N) is 1. The van der Waals surface area contributed by atoms with E-state index in [1.165, 1.54) is 22.3 Å². The second-order valence-electron chi connectivity index (χ2n) is 7.38. The monoisotopic (exact) mass is 367 g/mol. The lowest BCUT2D eigenvalue weighted by molar-refractivity contribution is 0.0652. The highest BCUT2D eigenvalue weighted by Crippen LogP contribution is 2.44. The van der Waals surface area contributed by atoms with Gasteiger partial charge in [0.05, 0.1) is 6.10 Å². The molecule has 2 aliphatic rings. The summed E-state index contributed by atoms with van der Waals surface area (Å²) in [5, 5.41) is 19.4. The zero-order valence-corrected chi connectivity index (χ0v) is 15.3. The van der Waals surface area contributed by atoms with Gasteiger partial charge in [0.1, 0.15) is 6.61 Å². The molecule has 27 heavy (non-hydrogen) atoms. The van der Waals surface area contributed by atoms with E-state index < -0.39 is 6.10 Å². The van der Waals surface area contributed by atoms with E-state index in [1.54, 1.807) is 4.90 Å². The van der Waals surface area contributed by atoms with Gasteiger partial charge in [0.25, 0.3) is 0 Å². The Morgan fingerprint density at radius 2 is 1.59 bits per heavy atom. The van der Waals surface area contributed by atoms with Crippen LogP contribution in [0.25, 0.3) is 11.1 Å². The number of benzene rings is 2. The Bertz CT molecular complexity index is 776. The number of fused-ring (bicyclic) bond motifs is 3. The smallest absolute Gasteiger partial charge is 0.409 e. The summed E-state index contributed by atoms with van der Waals surface area (Å²) in [6.45, 7) is 1.20. The maximum absolute atomic E-state index is 12.6. The normalized spacial score (nSPS) is 22.1. The molecule has 1 heterocycles. The quantitative estimate of drug-likeness (QED) is 0.875. The van der Waals surface area contributed by atoms with E-state index in [0.29, 0.717) is 32.5 Å². The fourth-order valence-corrected chi connectivity index (χ4v) is 4.23. The van der Waals surface area contributed by atoms with Gasteiger partial charge in [-0.2, -0.15) is 0 Å². The van der Waals surface area contributed by atoms with Crippen molar-refractivity contribution >= 4 is 6.09 Å². The predicted molar refractivity (Wildman–Crippen MR) is 102 cm³/mol. The molecular formula is C22H25NO4. The Balaban J connectivity index is 1.45. The summed E-state index contributed by atoms with van der Waals surface area (Å²) in [4.78, 5) is 14.2. The zero-order chi connectivity index (χ0) is 18.8. The molecule has 142 valence electrons. The molecule has 1 fully saturated rings. The molecule has 0 bridgehead atoms. The van der Waals surface area contributed by atoms with Crippen LogP contribution in [-0.4, -0.2) is 53.6 Å². The fourth-order valence-electron chi connectivity index (χ4n) is 4.23.